The van der Waals surface area contributed by atoms with Crippen LogP contribution in [0.2, 0.25) is 0 Å². The fraction of sp³-hybridized carbons (Fsp3) is 0.889. The minimum Gasteiger partial charge on any atom is -0.481 e. The van der Waals surface area contributed by atoms with Crippen LogP contribution in [0.1, 0.15) is 6.42 Å². The molecule has 0 aromatic heterocycles. The summed E-state index contributed by atoms with van der Waals surface area (Å²) in [4.78, 5) is 10.7. The van der Waals surface area contributed by atoms with Gasteiger partial charge in [-0.25, -0.2) is 12.7 Å². The van der Waals surface area contributed by atoms with E-state index in [0.29, 0.717) is 0 Å². The van der Waals surface area contributed by atoms with Gasteiger partial charge in [-0.15, -0.1) is 0 Å². The van der Waals surface area contributed by atoms with E-state index in [2.05, 4.69) is 4.74 Å². The van der Waals surface area contributed by atoms with E-state index in [-0.39, 0.29) is 19.5 Å². The quantitative estimate of drug-likeness (QED) is 0.714. The van der Waals surface area contributed by atoms with Crippen LogP contribution in [-0.2, 0) is 19.6 Å². The molecule has 1 saturated heterocycles. The maximum Gasteiger partial charge on any atom is 0.411 e. The summed E-state index contributed by atoms with van der Waals surface area (Å²) in [5.41, 5.74) is 0. The number of hydrogen-bond donors (Lipinski definition) is 1. The van der Waals surface area contributed by atoms with Crippen LogP contribution in [0.15, 0.2) is 0 Å². The molecule has 1 aliphatic rings. The van der Waals surface area contributed by atoms with Gasteiger partial charge in [-0.05, 0) is 6.42 Å². The number of sulfonamides is 1. The Labute approximate surface area is 108 Å². The third-order valence-electron chi connectivity index (χ3n) is 2.64. The second-order valence-corrected chi connectivity index (χ2v) is 6.25. The second-order valence-electron chi connectivity index (χ2n) is 4.17. The zero-order valence-electron chi connectivity index (χ0n) is 9.89. The predicted molar refractivity (Wildman–Crippen MR) is 58.0 cm³/mol. The Hall–Kier alpha value is -0.870. The van der Waals surface area contributed by atoms with Crippen molar-refractivity contribution in [3.8, 4) is 0 Å². The first-order chi connectivity index (χ1) is 8.62. The van der Waals surface area contributed by atoms with E-state index in [1.165, 1.54) is 0 Å². The van der Waals surface area contributed by atoms with E-state index in [1.807, 2.05) is 0 Å². The number of ether oxygens (including phenoxy) is 1. The molecule has 112 valence electrons. The van der Waals surface area contributed by atoms with Crippen molar-refractivity contribution < 1.29 is 36.2 Å². The van der Waals surface area contributed by atoms with Crippen molar-refractivity contribution in [1.29, 1.82) is 0 Å². The van der Waals surface area contributed by atoms with Gasteiger partial charge in [0.15, 0.2) is 0 Å². The Bertz CT molecular complexity index is 422. The van der Waals surface area contributed by atoms with Crippen LogP contribution in [0.25, 0.3) is 0 Å². The Morgan fingerprint density at radius 2 is 2.05 bits per heavy atom. The number of hydrogen-bond acceptors (Lipinski definition) is 4. The fourth-order valence-electron chi connectivity index (χ4n) is 1.66. The lowest BCUT2D eigenvalue weighted by Gasteiger charge is -2.16. The molecule has 1 unspecified atom stereocenters. The van der Waals surface area contributed by atoms with Gasteiger partial charge in [0.05, 0.1) is 18.3 Å². The van der Waals surface area contributed by atoms with Crippen molar-refractivity contribution in [2.75, 3.05) is 32.1 Å². The summed E-state index contributed by atoms with van der Waals surface area (Å²) in [5, 5.41) is 8.73. The zero-order valence-corrected chi connectivity index (χ0v) is 10.7. The Morgan fingerprint density at radius 3 is 2.53 bits per heavy atom. The molecule has 0 radical (unpaired) electrons. The number of nitrogens with zero attached hydrogens (tertiary/aromatic N) is 1. The highest BCUT2D eigenvalue weighted by Gasteiger charge is 2.35. The topological polar surface area (TPSA) is 83.9 Å². The average molecular weight is 305 g/mol. The molecule has 1 aliphatic heterocycles. The standard InChI is InChI=1S/C9H14F3NO5S/c10-9(11,12)6-18-3-4-19(16,17)13-2-1-7(5-13)8(14)15/h7H,1-6H2,(H,14,15). The Kier molecular flexibility index (Phi) is 5.16. The summed E-state index contributed by atoms with van der Waals surface area (Å²) >= 11 is 0. The first-order valence-corrected chi connectivity index (χ1v) is 7.08. The number of aliphatic carboxylic acids is 1. The smallest absolute Gasteiger partial charge is 0.411 e. The van der Waals surface area contributed by atoms with Crippen LogP contribution in [0, 0.1) is 5.92 Å². The van der Waals surface area contributed by atoms with E-state index in [9.17, 15) is 26.4 Å². The first-order valence-electron chi connectivity index (χ1n) is 5.47. The molecule has 10 heteroatoms. The molecule has 1 atom stereocenters. The van der Waals surface area contributed by atoms with Crippen molar-refractivity contribution >= 4 is 16.0 Å². The number of carbonyl (C=O) groups is 1. The van der Waals surface area contributed by atoms with Gasteiger partial charge in [0.1, 0.15) is 6.61 Å². The minimum atomic E-state index is -4.49. The molecular weight excluding hydrogens is 291 g/mol. The lowest BCUT2D eigenvalue weighted by Crippen LogP contribution is -2.33. The molecule has 0 bridgehead atoms. The summed E-state index contributed by atoms with van der Waals surface area (Å²) in [6, 6.07) is 0. The van der Waals surface area contributed by atoms with Gasteiger partial charge in [0, 0.05) is 13.1 Å². The molecule has 0 aromatic carbocycles. The lowest BCUT2D eigenvalue weighted by atomic mass is 10.1. The van der Waals surface area contributed by atoms with Gasteiger partial charge < -0.3 is 9.84 Å². The van der Waals surface area contributed by atoms with Gasteiger partial charge in [-0.2, -0.15) is 13.2 Å². The number of rotatable bonds is 6. The van der Waals surface area contributed by atoms with E-state index < -0.39 is 47.1 Å². The minimum absolute atomic E-state index is 0.0680. The van der Waals surface area contributed by atoms with Crippen molar-refractivity contribution in [1.82, 2.24) is 4.31 Å². The van der Waals surface area contributed by atoms with Crippen LogP contribution in [0.4, 0.5) is 13.2 Å². The van der Waals surface area contributed by atoms with E-state index in [4.69, 9.17) is 5.11 Å². The van der Waals surface area contributed by atoms with Crippen LogP contribution in [0.3, 0.4) is 0 Å². The van der Waals surface area contributed by atoms with E-state index in [1.54, 1.807) is 0 Å². The molecule has 6 nitrogen and oxygen atoms in total. The summed E-state index contributed by atoms with van der Waals surface area (Å²) in [6.45, 7) is -2.15. The number of carboxylic acids is 1. The molecule has 1 N–H and O–H groups in total. The van der Waals surface area contributed by atoms with Crippen LogP contribution in [-0.4, -0.2) is 62.0 Å². The van der Waals surface area contributed by atoms with Crippen LogP contribution >= 0.6 is 0 Å². The molecule has 19 heavy (non-hydrogen) atoms. The lowest BCUT2D eigenvalue weighted by molar-refractivity contribution is -0.172. The third kappa shape index (κ3) is 5.33. The van der Waals surface area contributed by atoms with Gasteiger partial charge in [0.25, 0.3) is 0 Å². The summed E-state index contributed by atoms with van der Waals surface area (Å²) in [5.74, 6) is -2.42. The summed E-state index contributed by atoms with van der Waals surface area (Å²) < 4.78 is 63.9. The normalized spacial score (nSPS) is 21.7. The van der Waals surface area contributed by atoms with Crippen molar-refractivity contribution in [3.63, 3.8) is 0 Å². The van der Waals surface area contributed by atoms with Crippen molar-refractivity contribution in [2.45, 2.75) is 12.6 Å². The number of alkyl halides is 3. The molecule has 0 saturated carbocycles. The highest BCUT2D eigenvalue weighted by atomic mass is 32.2. The first kappa shape index (κ1) is 16.2. The largest absolute Gasteiger partial charge is 0.481 e. The third-order valence-corrected chi connectivity index (χ3v) is 4.45. The Morgan fingerprint density at radius 1 is 1.42 bits per heavy atom. The molecule has 1 rings (SSSR count). The molecule has 1 heterocycles. The zero-order chi connectivity index (χ0) is 14.7. The fourth-order valence-corrected chi connectivity index (χ4v) is 3.04. The van der Waals surface area contributed by atoms with Crippen LogP contribution in [0.5, 0.6) is 0 Å². The molecule has 0 amide bonds. The maximum absolute atomic E-state index is 11.8. The molecule has 0 aliphatic carbocycles. The van der Waals surface area contributed by atoms with E-state index in [0.717, 1.165) is 4.31 Å². The van der Waals surface area contributed by atoms with Gasteiger partial charge in [-0.3, -0.25) is 4.79 Å². The SMILES string of the molecule is O=C(O)C1CCN(S(=O)(=O)CCOCC(F)(F)F)C1. The maximum atomic E-state index is 11.8. The highest BCUT2D eigenvalue weighted by Crippen LogP contribution is 2.20. The molecule has 0 spiro atoms. The molecule has 0 aromatic rings. The summed E-state index contributed by atoms with van der Waals surface area (Å²) in [7, 11) is -3.77. The monoisotopic (exact) mass is 305 g/mol. The van der Waals surface area contributed by atoms with Gasteiger partial charge in [-0.1, -0.05) is 0 Å². The summed E-state index contributed by atoms with van der Waals surface area (Å²) in [6.07, 6.45) is -4.29. The average Bonchev–Trinajstić information content (AvgIpc) is 2.73. The van der Waals surface area contributed by atoms with Gasteiger partial charge >= 0.3 is 12.1 Å². The number of carboxylic acid groups (broad SMARTS) is 1. The second kappa shape index (κ2) is 6.06. The number of halogens is 3. The van der Waals surface area contributed by atoms with Crippen LogP contribution < -0.4 is 0 Å². The van der Waals surface area contributed by atoms with Gasteiger partial charge in [0.2, 0.25) is 10.0 Å². The van der Waals surface area contributed by atoms with E-state index >= 15 is 0 Å². The van der Waals surface area contributed by atoms with Crippen molar-refractivity contribution in [2.24, 2.45) is 5.92 Å². The Balaban J connectivity index is 2.39. The van der Waals surface area contributed by atoms with Crippen molar-refractivity contribution in [3.05, 3.63) is 0 Å². The molecular formula is C9H14F3NO5S. The molecule has 1 fully saturated rings. The highest BCUT2D eigenvalue weighted by molar-refractivity contribution is 7.89. The predicted octanol–water partition coefficient (Wildman–Crippen LogP) is 0.302.